The Morgan fingerprint density at radius 2 is 0.556 bits per heavy atom. The molecule has 0 bridgehead atoms. The van der Waals surface area contributed by atoms with E-state index < -0.39 is 10.7 Å². The molecule has 0 aliphatic rings. The van der Waals surface area contributed by atoms with Gasteiger partial charge in [-0.15, -0.1) is 12.4 Å². The van der Waals surface area contributed by atoms with E-state index in [1.54, 1.807) is 0 Å². The quantitative estimate of drug-likeness (QED) is 0.367. The molecule has 0 aromatic carbocycles. The minimum absolute atomic E-state index is 0. The largest absolute Gasteiger partial charge is 1.00 e. The van der Waals surface area contributed by atoms with Crippen LogP contribution in [0.3, 0.4) is 0 Å². The molecule has 0 heterocycles. The zero-order valence-corrected chi connectivity index (χ0v) is 24.9. The van der Waals surface area contributed by atoms with Gasteiger partial charge in [0.15, 0.2) is 0 Å². The molecule has 0 radical (unpaired) electrons. The number of nitrogens with zero attached hydrogens (tertiary/aromatic N) is 6. The standard InChI is InChI=1S/6CN.ClH.Fe.4K/c6*1-2;;;;;;/h;;;;;;1H;;;;;/q;;;;;;;-4;4*+1. The molecule has 0 atom stereocenters. The Morgan fingerprint density at radius 1 is 0.444 bits per heavy atom. The third-order valence-electron chi connectivity index (χ3n) is 1.19. The van der Waals surface area contributed by atoms with Crippen molar-refractivity contribution in [1.82, 2.24) is 0 Å². The Morgan fingerprint density at radius 3 is 0.556 bits per heavy atom. The van der Waals surface area contributed by atoms with E-state index >= 15 is 0 Å². The first-order chi connectivity index (χ1) is 5.97. The summed E-state index contributed by atoms with van der Waals surface area (Å²) in [6.07, 6.45) is 0. The summed E-state index contributed by atoms with van der Waals surface area (Å²) in [7, 11) is -6.17. The minimum Gasteiger partial charge on any atom is 1.00 e. The number of halogens is 1. The van der Waals surface area contributed by atoms with Gasteiger partial charge >= 0.3 is 278 Å². The van der Waals surface area contributed by atoms with Gasteiger partial charge in [-0.05, 0) is 0 Å². The van der Waals surface area contributed by atoms with Crippen LogP contribution in [0.4, 0.5) is 0 Å². The first-order valence-corrected chi connectivity index (χ1v) is 5.71. The van der Waals surface area contributed by atoms with Gasteiger partial charge < -0.3 is 0 Å². The fourth-order valence-electron chi connectivity index (χ4n) is 0.265. The molecule has 18 heavy (non-hydrogen) atoms. The third-order valence-corrected chi connectivity index (χ3v) is 4.89. The van der Waals surface area contributed by atoms with Crippen LogP contribution >= 0.6 is 12.4 Å². The maximum absolute atomic E-state index is 8.58. The maximum atomic E-state index is 8.58. The average molecular weight is 405 g/mol. The molecule has 0 fully saturated rings. The summed E-state index contributed by atoms with van der Waals surface area (Å²) < 4.78 is 0. The predicted octanol–water partition coefficient (Wildman–Crippen LogP) is -11.5. The Hall–Kier alpha value is 4.29. The molecule has 0 saturated heterocycles. The SMILES string of the molecule is Cl.N#[C][Fe-4]([C]#N)([C]#N)([C]#N)([C]#N)[C]#N.[K+].[K+].[K+].[K+]. The number of hydrogen-bond donors (Lipinski definition) is 0. The number of hydrogen-bond acceptors (Lipinski definition) is 6. The molecule has 0 N–H and O–H groups in total. The first kappa shape index (κ1) is 38.1. The Kier molecular flexibility index (Phi) is 29.0. The first-order valence-electron chi connectivity index (χ1n) is 2.40. The van der Waals surface area contributed by atoms with Crippen LogP contribution in [0, 0.1) is 61.4 Å². The molecule has 0 saturated carbocycles. The third kappa shape index (κ3) is 6.42. The molecule has 12 heteroatoms. The van der Waals surface area contributed by atoms with Crippen molar-refractivity contribution in [2.24, 2.45) is 0 Å². The van der Waals surface area contributed by atoms with Crippen LogP contribution in [-0.2, 0) is 10.7 Å². The summed E-state index contributed by atoms with van der Waals surface area (Å²) in [5.41, 5.74) is 0. The van der Waals surface area contributed by atoms with E-state index in [4.69, 9.17) is 31.6 Å². The second-order valence-electron chi connectivity index (χ2n) is 1.80. The fraction of sp³-hybridized carbons (Fsp3) is 0. The Balaban J connectivity index is -0.0000000720. The zero-order valence-electron chi connectivity index (χ0n) is 10.4. The van der Waals surface area contributed by atoms with Gasteiger partial charge in [0.2, 0.25) is 0 Å². The van der Waals surface area contributed by atoms with Crippen molar-refractivity contribution in [2.75, 3.05) is 0 Å². The summed E-state index contributed by atoms with van der Waals surface area (Å²) >= 11 is 0. The van der Waals surface area contributed by atoms with E-state index in [-0.39, 0.29) is 218 Å². The van der Waals surface area contributed by atoms with E-state index in [1.165, 1.54) is 0 Å². The molecular formula is C6HClFeK4N6. The molecule has 0 unspecified atom stereocenters. The van der Waals surface area contributed by atoms with Crippen LogP contribution in [0.25, 0.3) is 0 Å². The normalized spacial score (nSPS) is 9.67. The van der Waals surface area contributed by atoms with Crippen molar-refractivity contribution < 1.29 is 216 Å². The van der Waals surface area contributed by atoms with Gasteiger partial charge in [0.1, 0.15) is 0 Å². The van der Waals surface area contributed by atoms with Crippen LogP contribution in [0.2, 0.25) is 0 Å². The van der Waals surface area contributed by atoms with Gasteiger partial charge in [-0.1, -0.05) is 0 Å². The molecule has 0 aliphatic heterocycles. The van der Waals surface area contributed by atoms with E-state index in [9.17, 15) is 0 Å². The second-order valence-corrected chi connectivity index (χ2v) is 7.42. The van der Waals surface area contributed by atoms with Gasteiger partial charge in [-0.3, -0.25) is 0 Å². The second kappa shape index (κ2) is 13.7. The molecule has 0 aromatic rings. The van der Waals surface area contributed by atoms with E-state index in [0.717, 1.165) is 29.8 Å². The summed E-state index contributed by atoms with van der Waals surface area (Å²) in [6.45, 7) is 0. The van der Waals surface area contributed by atoms with Gasteiger partial charge in [-0.25, -0.2) is 0 Å². The van der Waals surface area contributed by atoms with Crippen LogP contribution in [0.5, 0.6) is 0 Å². The van der Waals surface area contributed by atoms with Crippen molar-refractivity contribution in [2.45, 2.75) is 0 Å². The predicted molar refractivity (Wildman–Crippen MR) is 40.9 cm³/mol. The summed E-state index contributed by atoms with van der Waals surface area (Å²) in [5.74, 6) is 0. The van der Waals surface area contributed by atoms with Crippen molar-refractivity contribution in [3.63, 3.8) is 0 Å². The molecule has 6 nitrogen and oxygen atoms in total. The smallest absolute Gasteiger partial charge is 1.00 e. The average Bonchev–Trinajstić information content (AvgIpc) is 2.26. The summed E-state index contributed by atoms with van der Waals surface area (Å²) in [5, 5.41) is 51.5. The number of nitriles is 6. The maximum Gasteiger partial charge on any atom is 1.00 e. The van der Waals surface area contributed by atoms with E-state index in [2.05, 4.69) is 0 Å². The molecular weight excluding hydrogens is 404 g/mol. The topological polar surface area (TPSA) is 143 Å². The van der Waals surface area contributed by atoms with E-state index in [1.807, 2.05) is 0 Å². The van der Waals surface area contributed by atoms with Gasteiger partial charge in [0.25, 0.3) is 0 Å². The Labute approximate surface area is 280 Å². The summed E-state index contributed by atoms with van der Waals surface area (Å²) in [4.78, 5) is 6.19. The fourth-order valence-corrected chi connectivity index (χ4v) is 1.09. The van der Waals surface area contributed by atoms with Gasteiger partial charge in [0.05, 0.1) is 0 Å². The summed E-state index contributed by atoms with van der Waals surface area (Å²) in [6, 6.07) is 0. The minimum atomic E-state index is -6.17. The molecule has 0 aromatic heterocycles. The molecule has 0 aliphatic carbocycles. The molecule has 0 amide bonds. The van der Waals surface area contributed by atoms with Crippen molar-refractivity contribution in [3.05, 3.63) is 0 Å². The van der Waals surface area contributed by atoms with Gasteiger partial charge in [-0.2, -0.15) is 0 Å². The monoisotopic (exact) mass is 404 g/mol. The molecule has 0 spiro atoms. The van der Waals surface area contributed by atoms with Crippen LogP contribution < -0.4 is 206 Å². The number of rotatable bonds is 0. The van der Waals surface area contributed by atoms with Gasteiger partial charge in [0, 0.05) is 0 Å². The van der Waals surface area contributed by atoms with Crippen LogP contribution in [-0.4, -0.2) is 0 Å². The van der Waals surface area contributed by atoms with Crippen molar-refractivity contribution in [1.29, 1.82) is 31.6 Å². The van der Waals surface area contributed by atoms with Crippen LogP contribution in [0.1, 0.15) is 0 Å². The molecule has 0 rings (SSSR count). The van der Waals surface area contributed by atoms with Crippen molar-refractivity contribution in [3.8, 4) is 29.8 Å². The van der Waals surface area contributed by atoms with Crippen LogP contribution in [0.15, 0.2) is 0 Å². The van der Waals surface area contributed by atoms with Crippen molar-refractivity contribution >= 4 is 12.4 Å². The Bertz CT molecular complexity index is 406. The zero-order chi connectivity index (χ0) is 10.7. The molecule has 74 valence electrons. The van der Waals surface area contributed by atoms with E-state index in [0.29, 0.717) is 0 Å².